The average molecular weight is 148 g/mol. The van der Waals surface area contributed by atoms with Crippen LogP contribution in [0.15, 0.2) is 0 Å². The average Bonchev–Trinajstić information content (AvgIpc) is 1.38. The Hall–Kier alpha value is 2.43. The quantitative estimate of drug-likeness (QED) is 0.363. The van der Waals surface area contributed by atoms with Crippen molar-refractivity contribution < 1.29 is 108 Å². The van der Waals surface area contributed by atoms with Crippen molar-refractivity contribution in [1.29, 1.82) is 0 Å². The molecule has 0 heterocycles. The van der Waals surface area contributed by atoms with E-state index in [2.05, 4.69) is 0 Å². The second kappa shape index (κ2) is 16.2. The molecule has 0 radical (unpaired) electrons. The third kappa shape index (κ3) is 23.7. The van der Waals surface area contributed by atoms with E-state index < -0.39 is 12.6 Å². The van der Waals surface area contributed by atoms with Gasteiger partial charge in [-0.25, -0.2) is 4.79 Å². The fourth-order valence-corrected chi connectivity index (χ4v) is 0. The van der Waals surface area contributed by atoms with Crippen LogP contribution >= 0.6 is 0 Å². The summed E-state index contributed by atoms with van der Waals surface area (Å²) in [5.41, 5.74) is 0. The van der Waals surface area contributed by atoms with Crippen molar-refractivity contribution in [3.63, 3.8) is 0 Å². The van der Waals surface area contributed by atoms with E-state index in [9.17, 15) is 0 Å². The first-order chi connectivity index (χ1) is 2.27. The van der Waals surface area contributed by atoms with Gasteiger partial charge in [0, 0.05) is 0 Å². The van der Waals surface area contributed by atoms with Crippen molar-refractivity contribution in [3.8, 4) is 0 Å². The Bertz CT molecular complexity index is 57.1. The van der Waals surface area contributed by atoms with E-state index in [-0.39, 0.29) is 93.0 Å². The molecule has 0 saturated heterocycles. The predicted octanol–water partition coefficient (Wildman–Crippen LogP) is -9.59. The van der Waals surface area contributed by atoms with Gasteiger partial charge in [0.25, 0.3) is 0 Å². The van der Waals surface area contributed by atoms with Gasteiger partial charge in [0.1, 0.15) is 6.61 Å². The van der Waals surface area contributed by atoms with E-state index in [0.717, 1.165) is 0 Å². The van der Waals surface area contributed by atoms with Crippen LogP contribution in [-0.2, 0) is 4.79 Å². The Morgan fingerprint density at radius 2 is 1.50 bits per heavy atom. The molecule has 6 heteroatoms. The molecule has 8 heavy (non-hydrogen) atoms. The van der Waals surface area contributed by atoms with E-state index in [4.69, 9.17) is 15.0 Å². The summed E-state index contributed by atoms with van der Waals surface area (Å²) in [6.45, 7) is -0.778. The van der Waals surface area contributed by atoms with Gasteiger partial charge in [-0.15, -0.1) is 0 Å². The van der Waals surface area contributed by atoms with Crippen LogP contribution in [0.1, 0.15) is 4.28 Å². The first kappa shape index (κ1) is 22.4. The fraction of sp³-hybridized carbons (Fsp3) is 0.500. The van der Waals surface area contributed by atoms with Gasteiger partial charge < -0.3 is 14.5 Å². The molecule has 0 rings (SSSR count). The molecule has 0 fully saturated rings. The maximum absolute atomic E-state index is 9.12. The first-order valence-electron chi connectivity index (χ1n) is 1.10. The number of aliphatic hydroxyl groups is 1. The SMILES string of the molecule is O=C(O)CO.[H-].[H-].[H-].[Na+].[Na+].[Na+]. The van der Waals surface area contributed by atoms with Crippen LogP contribution in [0.25, 0.3) is 0 Å². The fourth-order valence-electron chi connectivity index (χ4n) is 0. The molecular weight excluding hydrogens is 141 g/mol. The van der Waals surface area contributed by atoms with E-state index in [1.54, 1.807) is 0 Å². The minimum atomic E-state index is -1.19. The third-order valence-corrected chi connectivity index (χ3v) is 0.135. The molecule has 0 aromatic carbocycles. The Kier molecular flexibility index (Phi) is 45.5. The normalized spacial score (nSPS) is 4.62. The van der Waals surface area contributed by atoms with E-state index >= 15 is 0 Å². The summed E-state index contributed by atoms with van der Waals surface area (Å²) in [6.07, 6.45) is 0. The summed E-state index contributed by atoms with van der Waals surface area (Å²) in [4.78, 5) is 9.12. The summed E-state index contributed by atoms with van der Waals surface area (Å²) >= 11 is 0. The third-order valence-electron chi connectivity index (χ3n) is 0.135. The standard InChI is InChI=1S/C2H4O3.3Na.3H/c3-1-2(4)5;;;;;;/h3H,1H2,(H,4,5);;;;;;/q;3*+1;3*-1. The second-order valence-electron chi connectivity index (χ2n) is 0.552. The number of carbonyl (C=O) groups is 1. The number of aliphatic hydroxyl groups excluding tert-OH is 1. The van der Waals surface area contributed by atoms with Gasteiger partial charge in [0.15, 0.2) is 0 Å². The molecular formula is C2H7Na3O3. The Labute approximate surface area is 119 Å². The number of hydrogen-bond donors (Lipinski definition) is 2. The van der Waals surface area contributed by atoms with Gasteiger partial charge >= 0.3 is 94.6 Å². The molecule has 3 nitrogen and oxygen atoms in total. The molecule has 0 aliphatic heterocycles. The monoisotopic (exact) mass is 148 g/mol. The number of carboxylic acid groups (broad SMARTS) is 1. The molecule has 0 bridgehead atoms. The van der Waals surface area contributed by atoms with Crippen LogP contribution in [0, 0.1) is 0 Å². The number of aliphatic carboxylic acids is 1. The number of hydrogen-bond acceptors (Lipinski definition) is 2. The minimum Gasteiger partial charge on any atom is -1.00 e. The van der Waals surface area contributed by atoms with Crippen molar-refractivity contribution in [1.82, 2.24) is 0 Å². The van der Waals surface area contributed by atoms with Crippen LogP contribution < -0.4 is 88.7 Å². The summed E-state index contributed by atoms with van der Waals surface area (Å²) < 4.78 is 0. The molecule has 0 unspecified atom stereocenters. The number of rotatable bonds is 1. The number of carboxylic acids is 1. The van der Waals surface area contributed by atoms with Crippen molar-refractivity contribution >= 4 is 5.97 Å². The molecule has 0 aliphatic rings. The van der Waals surface area contributed by atoms with Crippen molar-refractivity contribution in [2.24, 2.45) is 0 Å². The van der Waals surface area contributed by atoms with Crippen molar-refractivity contribution in [2.75, 3.05) is 6.61 Å². The van der Waals surface area contributed by atoms with Gasteiger partial charge in [-0.3, -0.25) is 0 Å². The molecule has 0 amide bonds. The van der Waals surface area contributed by atoms with E-state index in [1.807, 2.05) is 0 Å². The van der Waals surface area contributed by atoms with Crippen LogP contribution in [0.5, 0.6) is 0 Å². The van der Waals surface area contributed by atoms with E-state index in [0.29, 0.717) is 0 Å². The molecule has 0 aromatic heterocycles. The topological polar surface area (TPSA) is 57.5 Å². The Morgan fingerprint density at radius 3 is 1.50 bits per heavy atom. The van der Waals surface area contributed by atoms with E-state index in [1.165, 1.54) is 0 Å². The molecule has 0 aromatic rings. The second-order valence-corrected chi connectivity index (χ2v) is 0.552. The van der Waals surface area contributed by atoms with Gasteiger partial charge in [-0.05, 0) is 0 Å². The van der Waals surface area contributed by atoms with Crippen LogP contribution in [-0.4, -0.2) is 22.8 Å². The minimum absolute atomic E-state index is 0. The van der Waals surface area contributed by atoms with Crippen LogP contribution in [0.2, 0.25) is 0 Å². The Morgan fingerprint density at radius 1 is 1.38 bits per heavy atom. The maximum Gasteiger partial charge on any atom is 1.00 e. The van der Waals surface area contributed by atoms with Crippen molar-refractivity contribution in [2.45, 2.75) is 0 Å². The smallest absolute Gasteiger partial charge is 1.00 e. The molecule has 36 valence electrons. The molecule has 0 aliphatic carbocycles. The van der Waals surface area contributed by atoms with Gasteiger partial charge in [0.05, 0.1) is 0 Å². The summed E-state index contributed by atoms with van der Waals surface area (Å²) in [5.74, 6) is -1.19. The first-order valence-corrected chi connectivity index (χ1v) is 1.10. The maximum atomic E-state index is 9.12. The summed E-state index contributed by atoms with van der Waals surface area (Å²) in [7, 11) is 0. The summed E-state index contributed by atoms with van der Waals surface area (Å²) in [5, 5.41) is 15.0. The zero-order valence-corrected chi connectivity index (χ0v) is 11.5. The van der Waals surface area contributed by atoms with Gasteiger partial charge in [-0.2, -0.15) is 0 Å². The Balaban J connectivity index is -0.00000000533. The largest absolute Gasteiger partial charge is 1.00 e. The summed E-state index contributed by atoms with van der Waals surface area (Å²) in [6, 6.07) is 0. The van der Waals surface area contributed by atoms with Crippen molar-refractivity contribution in [3.05, 3.63) is 0 Å². The molecule has 0 saturated carbocycles. The zero-order valence-electron chi connectivity index (χ0n) is 8.51. The molecule has 0 spiro atoms. The molecule has 2 N–H and O–H groups in total. The zero-order chi connectivity index (χ0) is 4.28. The van der Waals surface area contributed by atoms with Crippen LogP contribution in [0.4, 0.5) is 0 Å². The van der Waals surface area contributed by atoms with Crippen LogP contribution in [0.3, 0.4) is 0 Å². The van der Waals surface area contributed by atoms with Gasteiger partial charge in [-0.1, -0.05) is 0 Å². The predicted molar refractivity (Wildman–Crippen MR) is 18.1 cm³/mol. The molecule has 0 atom stereocenters. The van der Waals surface area contributed by atoms with Gasteiger partial charge in [0.2, 0.25) is 0 Å².